The maximum atomic E-state index is 11.5. The highest BCUT2D eigenvalue weighted by atomic mass is 16.6. The van der Waals surface area contributed by atoms with Gasteiger partial charge in [0.2, 0.25) is 0 Å². The van der Waals surface area contributed by atoms with Crippen LogP contribution in [0.1, 0.15) is 11.3 Å². The molecule has 1 unspecified atom stereocenters. The largest absolute Gasteiger partial charge is 0.443 e. The number of aryl methyl sites for hydroxylation is 1. The Hall–Kier alpha value is -1.62. The molecule has 0 aliphatic carbocycles. The first-order valence-electron chi connectivity index (χ1n) is 5.27. The molecule has 86 valence electrons. The molecule has 1 atom stereocenters. The molecule has 5 heteroatoms. The van der Waals surface area contributed by atoms with Crippen molar-refractivity contribution in [2.75, 3.05) is 13.1 Å². The second-order valence-electron chi connectivity index (χ2n) is 3.89. The molecule has 16 heavy (non-hydrogen) atoms. The van der Waals surface area contributed by atoms with Gasteiger partial charge in [-0.05, 0) is 18.6 Å². The molecule has 1 amide bonds. The van der Waals surface area contributed by atoms with E-state index in [1.54, 1.807) is 11.1 Å². The molecule has 2 rings (SSSR count). The highest BCUT2D eigenvalue weighted by Crippen LogP contribution is 2.15. The minimum atomic E-state index is -0.305. The number of hydrogen-bond acceptors (Lipinski definition) is 4. The van der Waals surface area contributed by atoms with Crippen LogP contribution in [-0.4, -0.2) is 35.2 Å². The Balaban J connectivity index is 2.06. The summed E-state index contributed by atoms with van der Waals surface area (Å²) in [5, 5.41) is 0. The lowest BCUT2D eigenvalue weighted by Crippen LogP contribution is -2.27. The van der Waals surface area contributed by atoms with E-state index in [4.69, 9.17) is 10.5 Å². The van der Waals surface area contributed by atoms with Crippen LogP contribution in [0.15, 0.2) is 18.3 Å². The zero-order valence-electron chi connectivity index (χ0n) is 9.22. The summed E-state index contributed by atoms with van der Waals surface area (Å²) in [6.45, 7) is 3.38. The average Bonchev–Trinajstić information content (AvgIpc) is 2.63. The Labute approximate surface area is 94.2 Å². The highest BCUT2D eigenvalue weighted by Gasteiger charge is 2.30. The number of amides is 1. The lowest BCUT2D eigenvalue weighted by Gasteiger charge is -2.13. The molecule has 0 aromatic carbocycles. The third-order valence-electron chi connectivity index (χ3n) is 2.67. The molecule has 1 aromatic heterocycles. The van der Waals surface area contributed by atoms with Crippen molar-refractivity contribution in [2.45, 2.75) is 19.6 Å². The van der Waals surface area contributed by atoms with Gasteiger partial charge in [0, 0.05) is 12.7 Å². The lowest BCUT2D eigenvalue weighted by atomic mass is 10.2. The van der Waals surface area contributed by atoms with Gasteiger partial charge in [-0.3, -0.25) is 9.88 Å². The van der Waals surface area contributed by atoms with Gasteiger partial charge in [-0.1, -0.05) is 6.07 Å². The van der Waals surface area contributed by atoms with Gasteiger partial charge in [0.05, 0.1) is 18.8 Å². The van der Waals surface area contributed by atoms with Crippen molar-refractivity contribution in [1.82, 2.24) is 9.88 Å². The average molecular weight is 221 g/mol. The number of hydrogen-bond donors (Lipinski definition) is 1. The van der Waals surface area contributed by atoms with E-state index in [1.807, 2.05) is 19.1 Å². The van der Waals surface area contributed by atoms with Crippen molar-refractivity contribution >= 4 is 6.09 Å². The Morgan fingerprint density at radius 2 is 2.50 bits per heavy atom. The fourth-order valence-electron chi connectivity index (χ4n) is 1.69. The maximum absolute atomic E-state index is 11.5. The molecule has 1 fully saturated rings. The Morgan fingerprint density at radius 1 is 1.69 bits per heavy atom. The number of nitrogens with zero attached hydrogens (tertiary/aromatic N) is 2. The van der Waals surface area contributed by atoms with Crippen LogP contribution < -0.4 is 5.73 Å². The summed E-state index contributed by atoms with van der Waals surface area (Å²) in [5.41, 5.74) is 7.44. The first-order valence-corrected chi connectivity index (χ1v) is 5.27. The molecule has 0 saturated carbocycles. The van der Waals surface area contributed by atoms with Crippen LogP contribution in [0.3, 0.4) is 0 Å². The van der Waals surface area contributed by atoms with Crippen LogP contribution in [0.25, 0.3) is 0 Å². The molecule has 0 radical (unpaired) electrons. The van der Waals surface area contributed by atoms with Crippen LogP contribution in [0.5, 0.6) is 0 Å². The van der Waals surface area contributed by atoms with Crippen LogP contribution in [0, 0.1) is 6.92 Å². The Bertz CT molecular complexity index is 395. The molecule has 1 saturated heterocycles. The van der Waals surface area contributed by atoms with Gasteiger partial charge in [0.1, 0.15) is 6.10 Å². The van der Waals surface area contributed by atoms with Crippen LogP contribution in [0.2, 0.25) is 0 Å². The van der Waals surface area contributed by atoms with E-state index >= 15 is 0 Å². The summed E-state index contributed by atoms with van der Waals surface area (Å²) >= 11 is 0. The van der Waals surface area contributed by atoms with Crippen molar-refractivity contribution < 1.29 is 9.53 Å². The van der Waals surface area contributed by atoms with E-state index in [0.29, 0.717) is 19.6 Å². The zero-order valence-corrected chi connectivity index (χ0v) is 9.22. The zero-order chi connectivity index (χ0) is 11.5. The number of carbonyl (C=O) groups is 1. The number of nitrogens with two attached hydrogens (primary N) is 1. The molecule has 1 aliphatic rings. The van der Waals surface area contributed by atoms with Gasteiger partial charge in [0.25, 0.3) is 0 Å². The molecule has 0 bridgehead atoms. The quantitative estimate of drug-likeness (QED) is 0.814. The molecule has 1 aliphatic heterocycles. The minimum Gasteiger partial charge on any atom is -0.443 e. The summed E-state index contributed by atoms with van der Waals surface area (Å²) in [7, 11) is 0. The topological polar surface area (TPSA) is 68.5 Å². The van der Waals surface area contributed by atoms with E-state index in [0.717, 1.165) is 11.3 Å². The van der Waals surface area contributed by atoms with Gasteiger partial charge in [0.15, 0.2) is 0 Å². The standard InChI is InChI=1S/C11H15N3O2/c1-8-3-2-4-13-10(8)7-14-6-9(5-12)16-11(14)15/h2-4,9H,5-7,12H2,1H3. The minimum absolute atomic E-state index is 0.184. The van der Waals surface area contributed by atoms with Crippen molar-refractivity contribution in [2.24, 2.45) is 5.73 Å². The van der Waals surface area contributed by atoms with Gasteiger partial charge in [-0.2, -0.15) is 0 Å². The summed E-state index contributed by atoms with van der Waals surface area (Å²) in [6.07, 6.45) is 1.24. The highest BCUT2D eigenvalue weighted by molar-refractivity contribution is 5.69. The van der Waals surface area contributed by atoms with Crippen LogP contribution in [-0.2, 0) is 11.3 Å². The van der Waals surface area contributed by atoms with Crippen LogP contribution >= 0.6 is 0 Å². The number of ether oxygens (including phenoxy) is 1. The lowest BCUT2D eigenvalue weighted by molar-refractivity contribution is 0.134. The fraction of sp³-hybridized carbons (Fsp3) is 0.455. The number of carbonyl (C=O) groups excluding carboxylic acids is 1. The van der Waals surface area contributed by atoms with Crippen molar-refractivity contribution in [3.05, 3.63) is 29.6 Å². The summed E-state index contributed by atoms with van der Waals surface area (Å²) in [6, 6.07) is 3.86. The molecular formula is C11H15N3O2. The number of pyridine rings is 1. The molecule has 2 N–H and O–H groups in total. The first-order chi connectivity index (χ1) is 7.70. The smallest absolute Gasteiger partial charge is 0.410 e. The maximum Gasteiger partial charge on any atom is 0.410 e. The first kappa shape index (κ1) is 10.9. The van der Waals surface area contributed by atoms with E-state index in [-0.39, 0.29) is 12.2 Å². The van der Waals surface area contributed by atoms with Crippen molar-refractivity contribution in [3.8, 4) is 0 Å². The second-order valence-corrected chi connectivity index (χ2v) is 3.89. The van der Waals surface area contributed by atoms with Gasteiger partial charge >= 0.3 is 6.09 Å². The van der Waals surface area contributed by atoms with Crippen molar-refractivity contribution in [3.63, 3.8) is 0 Å². The number of aromatic nitrogens is 1. The normalized spacial score (nSPS) is 20.0. The van der Waals surface area contributed by atoms with E-state index in [1.165, 1.54) is 0 Å². The Morgan fingerprint density at radius 3 is 3.12 bits per heavy atom. The molecular weight excluding hydrogens is 206 g/mol. The number of cyclic esters (lactones) is 1. The van der Waals surface area contributed by atoms with Gasteiger partial charge < -0.3 is 10.5 Å². The predicted octanol–water partition coefficient (Wildman–Crippen LogP) is 0.670. The Kier molecular flexibility index (Phi) is 3.05. The molecule has 2 heterocycles. The van der Waals surface area contributed by atoms with E-state index in [2.05, 4.69) is 4.98 Å². The summed E-state index contributed by atoms with van der Waals surface area (Å²) in [4.78, 5) is 17.4. The molecule has 1 aromatic rings. The van der Waals surface area contributed by atoms with Crippen LogP contribution in [0.4, 0.5) is 4.79 Å². The molecule has 5 nitrogen and oxygen atoms in total. The third-order valence-corrected chi connectivity index (χ3v) is 2.67. The second kappa shape index (κ2) is 4.49. The summed E-state index contributed by atoms with van der Waals surface area (Å²) in [5.74, 6) is 0. The SMILES string of the molecule is Cc1cccnc1CN1CC(CN)OC1=O. The van der Waals surface area contributed by atoms with Gasteiger partial charge in [-0.15, -0.1) is 0 Å². The monoisotopic (exact) mass is 221 g/mol. The molecule has 0 spiro atoms. The number of rotatable bonds is 3. The van der Waals surface area contributed by atoms with Gasteiger partial charge in [-0.25, -0.2) is 4.79 Å². The summed E-state index contributed by atoms with van der Waals surface area (Å²) < 4.78 is 5.07. The third kappa shape index (κ3) is 2.14. The van der Waals surface area contributed by atoms with Crippen molar-refractivity contribution in [1.29, 1.82) is 0 Å². The predicted molar refractivity (Wildman–Crippen MR) is 58.7 cm³/mol. The fourth-order valence-corrected chi connectivity index (χ4v) is 1.69. The van der Waals surface area contributed by atoms with E-state index in [9.17, 15) is 4.79 Å². The van der Waals surface area contributed by atoms with E-state index < -0.39 is 0 Å².